The maximum Gasteiger partial charge on any atom is 0.259 e. The number of aromatic nitrogens is 2. The molecule has 1 heterocycles. The molecule has 2 aromatic rings. The van der Waals surface area contributed by atoms with Gasteiger partial charge in [0.15, 0.2) is 0 Å². The number of hydrogen-bond acceptors (Lipinski definition) is 3. The standard InChI is InChI=1S/C16H21N3O2/c1-10(2)9-21-14-8-6-5-7-13(14)17-16(20)15-11(3)18-19-12(15)4/h5-8,10H,9H2,1-4H3,(H,17,20)(H,18,19). The monoisotopic (exact) mass is 287 g/mol. The number of H-pyrrole nitrogens is 1. The molecule has 0 atom stereocenters. The van der Waals surface area contributed by atoms with E-state index in [2.05, 4.69) is 29.4 Å². The van der Waals surface area contributed by atoms with Crippen molar-refractivity contribution in [2.45, 2.75) is 27.7 Å². The minimum absolute atomic E-state index is 0.181. The third kappa shape index (κ3) is 3.62. The average Bonchev–Trinajstić information content (AvgIpc) is 2.77. The Kier molecular flexibility index (Phi) is 4.62. The van der Waals surface area contributed by atoms with Gasteiger partial charge in [0.05, 0.1) is 23.6 Å². The second kappa shape index (κ2) is 6.43. The fourth-order valence-electron chi connectivity index (χ4n) is 2.02. The number of rotatable bonds is 5. The van der Waals surface area contributed by atoms with Crippen molar-refractivity contribution in [2.75, 3.05) is 11.9 Å². The van der Waals surface area contributed by atoms with E-state index in [0.717, 1.165) is 5.69 Å². The lowest BCUT2D eigenvalue weighted by atomic mass is 10.2. The van der Waals surface area contributed by atoms with E-state index < -0.39 is 0 Å². The smallest absolute Gasteiger partial charge is 0.259 e. The van der Waals surface area contributed by atoms with Crippen LogP contribution in [0, 0.1) is 19.8 Å². The van der Waals surface area contributed by atoms with E-state index in [1.54, 1.807) is 6.92 Å². The fourth-order valence-corrected chi connectivity index (χ4v) is 2.02. The predicted octanol–water partition coefficient (Wildman–Crippen LogP) is 3.31. The molecule has 0 aliphatic heterocycles. The minimum atomic E-state index is -0.181. The molecule has 2 N–H and O–H groups in total. The highest BCUT2D eigenvalue weighted by molar-refractivity contribution is 6.06. The van der Waals surface area contributed by atoms with Gasteiger partial charge in [0.25, 0.3) is 5.91 Å². The van der Waals surface area contributed by atoms with Gasteiger partial charge in [-0.05, 0) is 31.9 Å². The highest BCUT2D eigenvalue weighted by Gasteiger charge is 2.16. The summed E-state index contributed by atoms with van der Waals surface area (Å²) >= 11 is 0. The number of aryl methyl sites for hydroxylation is 2. The first-order valence-corrected chi connectivity index (χ1v) is 7.03. The Hall–Kier alpha value is -2.30. The van der Waals surface area contributed by atoms with Crippen LogP contribution in [0.25, 0.3) is 0 Å². The lowest BCUT2D eigenvalue weighted by Crippen LogP contribution is -2.15. The number of nitrogens with one attached hydrogen (secondary N) is 2. The van der Waals surface area contributed by atoms with E-state index >= 15 is 0 Å². The van der Waals surface area contributed by atoms with Gasteiger partial charge in [0, 0.05) is 5.69 Å². The summed E-state index contributed by atoms with van der Waals surface area (Å²) in [5, 5.41) is 9.75. The summed E-state index contributed by atoms with van der Waals surface area (Å²) in [6.45, 7) is 8.41. The molecule has 0 aliphatic rings. The second-order valence-corrected chi connectivity index (χ2v) is 5.46. The van der Waals surface area contributed by atoms with E-state index in [-0.39, 0.29) is 5.91 Å². The number of amides is 1. The first-order chi connectivity index (χ1) is 9.99. The van der Waals surface area contributed by atoms with Crippen molar-refractivity contribution in [1.29, 1.82) is 0 Å². The van der Waals surface area contributed by atoms with Crippen LogP contribution in [0.4, 0.5) is 5.69 Å². The molecule has 1 aromatic carbocycles. The van der Waals surface area contributed by atoms with E-state index in [4.69, 9.17) is 4.74 Å². The number of carbonyl (C=O) groups excluding carboxylic acids is 1. The number of anilines is 1. The van der Waals surface area contributed by atoms with Crippen LogP contribution in [0.15, 0.2) is 24.3 Å². The molecule has 0 fully saturated rings. The van der Waals surface area contributed by atoms with Gasteiger partial charge in [0.1, 0.15) is 5.75 Å². The summed E-state index contributed by atoms with van der Waals surface area (Å²) in [4.78, 5) is 12.4. The zero-order valence-corrected chi connectivity index (χ0v) is 12.9. The third-order valence-electron chi connectivity index (χ3n) is 3.06. The third-order valence-corrected chi connectivity index (χ3v) is 3.06. The first kappa shape index (κ1) is 15.1. The molecule has 0 unspecified atom stereocenters. The number of benzene rings is 1. The van der Waals surface area contributed by atoms with Gasteiger partial charge >= 0.3 is 0 Å². The van der Waals surface area contributed by atoms with Crippen LogP contribution in [0.2, 0.25) is 0 Å². The van der Waals surface area contributed by atoms with Crippen molar-refractivity contribution in [2.24, 2.45) is 5.92 Å². The zero-order valence-electron chi connectivity index (χ0n) is 12.9. The normalized spacial score (nSPS) is 10.7. The molecule has 2 rings (SSSR count). The number of nitrogens with zero attached hydrogens (tertiary/aromatic N) is 1. The van der Waals surface area contributed by atoms with Crippen molar-refractivity contribution >= 4 is 11.6 Å². The summed E-state index contributed by atoms with van der Waals surface area (Å²) in [7, 11) is 0. The molecule has 0 radical (unpaired) electrons. The quantitative estimate of drug-likeness (QED) is 0.886. The van der Waals surface area contributed by atoms with Crippen LogP contribution >= 0.6 is 0 Å². The highest BCUT2D eigenvalue weighted by Crippen LogP contribution is 2.25. The number of para-hydroxylation sites is 2. The predicted molar refractivity (Wildman–Crippen MR) is 82.8 cm³/mol. The Labute approximate surface area is 124 Å². The SMILES string of the molecule is Cc1n[nH]c(C)c1C(=O)Nc1ccccc1OCC(C)C. The van der Waals surface area contributed by atoms with Crippen molar-refractivity contribution < 1.29 is 9.53 Å². The minimum Gasteiger partial charge on any atom is -0.491 e. The Bertz CT molecular complexity index is 613. The van der Waals surface area contributed by atoms with Crippen molar-refractivity contribution in [3.8, 4) is 5.75 Å². The Morgan fingerprint density at radius 1 is 1.33 bits per heavy atom. The molecule has 0 saturated carbocycles. The molecule has 0 bridgehead atoms. The molecular formula is C16H21N3O2. The molecule has 0 saturated heterocycles. The van der Waals surface area contributed by atoms with Gasteiger partial charge in [-0.25, -0.2) is 0 Å². The fraction of sp³-hybridized carbons (Fsp3) is 0.375. The van der Waals surface area contributed by atoms with Crippen LogP contribution in [-0.4, -0.2) is 22.7 Å². The Morgan fingerprint density at radius 2 is 2.05 bits per heavy atom. The van der Waals surface area contributed by atoms with E-state index in [1.165, 1.54) is 0 Å². The van der Waals surface area contributed by atoms with E-state index in [9.17, 15) is 4.79 Å². The van der Waals surface area contributed by atoms with Gasteiger partial charge in [-0.15, -0.1) is 0 Å². The lowest BCUT2D eigenvalue weighted by molar-refractivity contribution is 0.102. The van der Waals surface area contributed by atoms with Crippen LogP contribution in [0.1, 0.15) is 35.6 Å². The maximum atomic E-state index is 12.4. The number of carbonyl (C=O) groups is 1. The van der Waals surface area contributed by atoms with Crippen LogP contribution < -0.4 is 10.1 Å². The maximum absolute atomic E-state index is 12.4. The van der Waals surface area contributed by atoms with Crippen molar-refractivity contribution in [1.82, 2.24) is 10.2 Å². The van der Waals surface area contributed by atoms with E-state index in [1.807, 2.05) is 31.2 Å². The van der Waals surface area contributed by atoms with Gasteiger partial charge in [-0.1, -0.05) is 26.0 Å². The molecule has 5 heteroatoms. The summed E-state index contributed by atoms with van der Waals surface area (Å²) in [6, 6.07) is 7.44. The zero-order chi connectivity index (χ0) is 15.4. The van der Waals surface area contributed by atoms with Gasteiger partial charge < -0.3 is 10.1 Å². The summed E-state index contributed by atoms with van der Waals surface area (Å²) in [5.41, 5.74) is 2.69. The summed E-state index contributed by atoms with van der Waals surface area (Å²) in [6.07, 6.45) is 0. The molecular weight excluding hydrogens is 266 g/mol. The number of aromatic amines is 1. The van der Waals surface area contributed by atoms with Crippen LogP contribution in [-0.2, 0) is 0 Å². The van der Waals surface area contributed by atoms with Crippen LogP contribution in [0.3, 0.4) is 0 Å². The molecule has 21 heavy (non-hydrogen) atoms. The number of ether oxygens (including phenoxy) is 1. The summed E-state index contributed by atoms with van der Waals surface area (Å²) in [5.74, 6) is 0.921. The van der Waals surface area contributed by atoms with E-state index in [0.29, 0.717) is 35.2 Å². The Balaban J connectivity index is 2.18. The molecule has 5 nitrogen and oxygen atoms in total. The van der Waals surface area contributed by atoms with Crippen LogP contribution in [0.5, 0.6) is 5.75 Å². The van der Waals surface area contributed by atoms with Gasteiger partial charge in [-0.2, -0.15) is 5.10 Å². The Morgan fingerprint density at radius 3 is 2.67 bits per heavy atom. The summed E-state index contributed by atoms with van der Waals surface area (Å²) < 4.78 is 5.74. The largest absolute Gasteiger partial charge is 0.491 e. The van der Waals surface area contributed by atoms with Gasteiger partial charge in [-0.3, -0.25) is 9.89 Å². The van der Waals surface area contributed by atoms with Gasteiger partial charge in [0.2, 0.25) is 0 Å². The first-order valence-electron chi connectivity index (χ1n) is 7.03. The molecule has 0 spiro atoms. The molecule has 112 valence electrons. The molecule has 1 aromatic heterocycles. The topological polar surface area (TPSA) is 67.0 Å². The number of hydrogen-bond donors (Lipinski definition) is 2. The molecule has 1 amide bonds. The van der Waals surface area contributed by atoms with Crippen molar-refractivity contribution in [3.63, 3.8) is 0 Å². The second-order valence-electron chi connectivity index (χ2n) is 5.46. The average molecular weight is 287 g/mol. The molecule has 0 aliphatic carbocycles. The highest BCUT2D eigenvalue weighted by atomic mass is 16.5. The lowest BCUT2D eigenvalue weighted by Gasteiger charge is -2.13. The van der Waals surface area contributed by atoms with Crippen molar-refractivity contribution in [3.05, 3.63) is 41.2 Å².